The molecule has 0 saturated carbocycles. The SMILES string of the molecule is O=C(Cn1nc(N2CCN(c3ccccc3)CC2)ccc1=O)NCC1CCCO1. The molecule has 0 radical (unpaired) electrons. The van der Waals surface area contributed by atoms with Gasteiger partial charge in [0.05, 0.1) is 6.10 Å². The molecule has 0 spiro atoms. The van der Waals surface area contributed by atoms with Crippen LogP contribution in [0.5, 0.6) is 0 Å². The fraction of sp³-hybridized carbons (Fsp3) is 0.476. The van der Waals surface area contributed by atoms with Gasteiger partial charge in [0.25, 0.3) is 5.56 Å². The second kappa shape index (κ2) is 9.09. The second-order valence-electron chi connectivity index (χ2n) is 7.44. The van der Waals surface area contributed by atoms with Crippen LogP contribution in [0.15, 0.2) is 47.3 Å². The molecule has 1 N–H and O–H groups in total. The van der Waals surface area contributed by atoms with Gasteiger partial charge in [-0.2, -0.15) is 5.10 Å². The first-order valence-corrected chi connectivity index (χ1v) is 10.2. The zero-order valence-electron chi connectivity index (χ0n) is 16.5. The minimum atomic E-state index is -0.274. The molecule has 3 heterocycles. The molecule has 2 aliphatic rings. The fourth-order valence-electron chi connectivity index (χ4n) is 3.78. The molecule has 1 amide bonds. The summed E-state index contributed by atoms with van der Waals surface area (Å²) >= 11 is 0. The molecule has 1 atom stereocenters. The van der Waals surface area contributed by atoms with E-state index in [0.717, 1.165) is 51.4 Å². The summed E-state index contributed by atoms with van der Waals surface area (Å²) in [5.41, 5.74) is 0.942. The molecule has 4 rings (SSSR count). The molecule has 154 valence electrons. The van der Waals surface area contributed by atoms with Crippen molar-refractivity contribution in [2.24, 2.45) is 0 Å². The lowest BCUT2D eigenvalue weighted by Crippen LogP contribution is -2.47. The van der Waals surface area contributed by atoms with Gasteiger partial charge in [-0.1, -0.05) is 18.2 Å². The van der Waals surface area contributed by atoms with Crippen molar-refractivity contribution in [2.45, 2.75) is 25.5 Å². The largest absolute Gasteiger partial charge is 0.376 e. The standard InChI is InChI=1S/C21H27N5O3/c27-20(22-15-18-7-4-14-29-18)16-26-21(28)9-8-19(23-26)25-12-10-24(11-13-25)17-5-2-1-3-6-17/h1-3,5-6,8-9,18H,4,7,10-16H2,(H,22,27). The van der Waals surface area contributed by atoms with E-state index in [1.165, 1.54) is 16.4 Å². The smallest absolute Gasteiger partial charge is 0.267 e. The van der Waals surface area contributed by atoms with Gasteiger partial charge < -0.3 is 19.9 Å². The Morgan fingerprint density at radius 1 is 1.07 bits per heavy atom. The Morgan fingerprint density at radius 2 is 1.83 bits per heavy atom. The van der Waals surface area contributed by atoms with Crippen LogP contribution in [0, 0.1) is 0 Å². The number of carbonyl (C=O) groups is 1. The van der Waals surface area contributed by atoms with Crippen LogP contribution < -0.4 is 20.7 Å². The van der Waals surface area contributed by atoms with Crippen LogP contribution >= 0.6 is 0 Å². The van der Waals surface area contributed by atoms with Crippen molar-refractivity contribution in [3.63, 3.8) is 0 Å². The quantitative estimate of drug-likeness (QED) is 0.779. The normalized spacial score (nSPS) is 19.4. The Bertz CT molecular complexity index is 871. The van der Waals surface area contributed by atoms with Gasteiger partial charge in [-0.25, -0.2) is 4.68 Å². The number of nitrogens with zero attached hydrogens (tertiary/aromatic N) is 4. The van der Waals surface area contributed by atoms with E-state index in [1.807, 2.05) is 18.2 Å². The van der Waals surface area contributed by atoms with Crippen molar-refractivity contribution in [2.75, 3.05) is 49.1 Å². The zero-order valence-corrected chi connectivity index (χ0v) is 16.5. The van der Waals surface area contributed by atoms with Crippen molar-refractivity contribution in [3.8, 4) is 0 Å². The van der Waals surface area contributed by atoms with E-state index in [2.05, 4.69) is 32.3 Å². The predicted octanol–water partition coefficient (Wildman–Crippen LogP) is 0.865. The number of nitrogens with one attached hydrogen (secondary N) is 1. The molecule has 1 unspecified atom stereocenters. The van der Waals surface area contributed by atoms with E-state index in [0.29, 0.717) is 6.54 Å². The van der Waals surface area contributed by atoms with Gasteiger partial charge in [0.1, 0.15) is 12.4 Å². The van der Waals surface area contributed by atoms with Gasteiger partial charge in [0.2, 0.25) is 5.91 Å². The second-order valence-corrected chi connectivity index (χ2v) is 7.44. The van der Waals surface area contributed by atoms with Gasteiger partial charge >= 0.3 is 0 Å². The zero-order chi connectivity index (χ0) is 20.1. The van der Waals surface area contributed by atoms with Gasteiger partial charge in [-0.05, 0) is 31.0 Å². The summed E-state index contributed by atoms with van der Waals surface area (Å²) in [6, 6.07) is 13.6. The summed E-state index contributed by atoms with van der Waals surface area (Å²) in [6.07, 6.45) is 2.07. The maximum absolute atomic E-state index is 12.2. The first-order valence-electron chi connectivity index (χ1n) is 10.2. The number of rotatable bonds is 6. The number of hydrogen-bond donors (Lipinski definition) is 1. The van der Waals surface area contributed by atoms with Crippen LogP contribution in [0.3, 0.4) is 0 Å². The maximum Gasteiger partial charge on any atom is 0.267 e. The lowest BCUT2D eigenvalue weighted by Gasteiger charge is -2.36. The third kappa shape index (κ3) is 4.95. The predicted molar refractivity (Wildman–Crippen MR) is 111 cm³/mol. The summed E-state index contributed by atoms with van der Waals surface area (Å²) in [4.78, 5) is 28.9. The Balaban J connectivity index is 1.34. The molecule has 0 aliphatic carbocycles. The molecule has 2 aromatic rings. The van der Waals surface area contributed by atoms with E-state index >= 15 is 0 Å². The summed E-state index contributed by atoms with van der Waals surface area (Å²) in [7, 11) is 0. The fourth-order valence-corrected chi connectivity index (χ4v) is 3.78. The summed E-state index contributed by atoms with van der Waals surface area (Å²) in [5, 5.41) is 7.27. The highest BCUT2D eigenvalue weighted by Gasteiger charge is 2.20. The van der Waals surface area contributed by atoms with Crippen molar-refractivity contribution in [1.82, 2.24) is 15.1 Å². The number of piperazine rings is 1. The van der Waals surface area contributed by atoms with Crippen LogP contribution in [-0.2, 0) is 16.1 Å². The third-order valence-electron chi connectivity index (χ3n) is 5.42. The topological polar surface area (TPSA) is 79.7 Å². The number of carbonyl (C=O) groups excluding carboxylic acids is 1. The van der Waals surface area contributed by atoms with Crippen LogP contribution in [0.25, 0.3) is 0 Å². The molecule has 29 heavy (non-hydrogen) atoms. The number of para-hydroxylation sites is 1. The van der Waals surface area contributed by atoms with Gasteiger partial charge in [-0.3, -0.25) is 9.59 Å². The molecule has 1 aromatic carbocycles. The molecular weight excluding hydrogens is 370 g/mol. The number of ether oxygens (including phenoxy) is 1. The highest BCUT2D eigenvalue weighted by atomic mass is 16.5. The highest BCUT2D eigenvalue weighted by Crippen LogP contribution is 2.18. The number of amides is 1. The number of benzene rings is 1. The number of aromatic nitrogens is 2. The van der Waals surface area contributed by atoms with Crippen molar-refractivity contribution in [1.29, 1.82) is 0 Å². The molecular formula is C21H27N5O3. The van der Waals surface area contributed by atoms with Crippen LogP contribution in [0.2, 0.25) is 0 Å². The lowest BCUT2D eigenvalue weighted by atomic mass is 10.2. The van der Waals surface area contributed by atoms with Crippen LogP contribution in [0.1, 0.15) is 12.8 Å². The summed E-state index contributed by atoms with van der Waals surface area (Å²) < 4.78 is 6.75. The Morgan fingerprint density at radius 3 is 2.55 bits per heavy atom. The third-order valence-corrected chi connectivity index (χ3v) is 5.42. The van der Waals surface area contributed by atoms with Gasteiger partial charge in [0, 0.05) is 51.1 Å². The summed E-state index contributed by atoms with van der Waals surface area (Å²) in [5.74, 6) is 0.505. The monoisotopic (exact) mass is 397 g/mol. The molecule has 2 aliphatic heterocycles. The molecule has 1 aromatic heterocycles. The number of hydrogen-bond acceptors (Lipinski definition) is 6. The Hall–Kier alpha value is -2.87. The van der Waals surface area contributed by atoms with E-state index < -0.39 is 0 Å². The molecule has 2 saturated heterocycles. The van der Waals surface area contributed by atoms with Crippen molar-refractivity contribution >= 4 is 17.4 Å². The molecule has 8 nitrogen and oxygen atoms in total. The van der Waals surface area contributed by atoms with Gasteiger partial charge in [-0.15, -0.1) is 0 Å². The first-order chi connectivity index (χ1) is 14.2. The van der Waals surface area contributed by atoms with Gasteiger partial charge in [0.15, 0.2) is 0 Å². The lowest BCUT2D eigenvalue weighted by molar-refractivity contribution is -0.122. The average molecular weight is 397 g/mol. The molecule has 0 bridgehead atoms. The van der Waals surface area contributed by atoms with E-state index in [9.17, 15) is 9.59 Å². The molecule has 8 heteroatoms. The number of anilines is 2. The Kier molecular flexibility index (Phi) is 6.09. The maximum atomic E-state index is 12.2. The Labute approximate surface area is 170 Å². The minimum absolute atomic E-state index is 0.0795. The highest BCUT2D eigenvalue weighted by molar-refractivity contribution is 5.75. The van der Waals surface area contributed by atoms with Crippen LogP contribution in [-0.4, -0.2) is 61.1 Å². The summed E-state index contributed by atoms with van der Waals surface area (Å²) in [6.45, 7) is 4.54. The first kappa shape index (κ1) is 19.4. The average Bonchev–Trinajstić information content (AvgIpc) is 3.28. The van der Waals surface area contributed by atoms with E-state index in [4.69, 9.17) is 4.74 Å². The van der Waals surface area contributed by atoms with E-state index in [1.54, 1.807) is 6.07 Å². The van der Waals surface area contributed by atoms with Crippen molar-refractivity contribution < 1.29 is 9.53 Å². The van der Waals surface area contributed by atoms with E-state index in [-0.39, 0.29) is 24.1 Å². The minimum Gasteiger partial charge on any atom is -0.376 e. The molecule has 2 fully saturated rings. The van der Waals surface area contributed by atoms with Crippen molar-refractivity contribution in [3.05, 3.63) is 52.8 Å². The van der Waals surface area contributed by atoms with Crippen LogP contribution in [0.4, 0.5) is 11.5 Å².